The summed E-state index contributed by atoms with van der Waals surface area (Å²) in [6.45, 7) is 0. The van der Waals surface area contributed by atoms with Crippen LogP contribution in [0.2, 0.25) is 0 Å². The number of nitrogens with two attached hydrogens (primary N) is 1. The molecule has 0 spiro atoms. The molecular formula is C3H8N2OS. The van der Waals surface area contributed by atoms with Crippen LogP contribution in [0.25, 0.3) is 0 Å². The molecule has 0 rings (SSSR count). The largest absolute Gasteiger partial charge is 0.360 e. The van der Waals surface area contributed by atoms with E-state index >= 15 is 0 Å². The zero-order valence-electron chi connectivity index (χ0n) is 4.10. The minimum Gasteiger partial charge on any atom is -0.360 e. The van der Waals surface area contributed by atoms with Crippen molar-refractivity contribution in [3.05, 3.63) is 0 Å². The van der Waals surface area contributed by atoms with Gasteiger partial charge < -0.3 is 11.1 Å². The summed E-state index contributed by atoms with van der Waals surface area (Å²) in [6.07, 6.45) is 0. The molecule has 42 valence electrons. The number of carbonyl (C=O) groups is 1. The smallest absolute Gasteiger partial charge is 0.277 e. The van der Waals surface area contributed by atoms with Gasteiger partial charge in [-0.3, -0.25) is 4.79 Å². The van der Waals surface area contributed by atoms with Crippen LogP contribution in [0.1, 0.15) is 0 Å². The predicted molar refractivity (Wildman–Crippen MR) is 31.1 cm³/mol. The van der Waals surface area contributed by atoms with Crippen molar-refractivity contribution in [3.8, 4) is 0 Å². The highest BCUT2D eigenvalue weighted by atomic mass is 32.2. The normalized spacial score (nSPS) is 8.71. The molecule has 0 aromatic heterocycles. The summed E-state index contributed by atoms with van der Waals surface area (Å²) in [4.78, 5) is 9.90. The molecule has 0 bridgehead atoms. The number of hydrogen-bond acceptors (Lipinski definition) is 3. The maximum Gasteiger partial charge on any atom is 0.277 e. The number of nitrogens with one attached hydrogen (secondary N) is 1. The van der Waals surface area contributed by atoms with Crippen LogP contribution in [0.15, 0.2) is 0 Å². The second kappa shape index (κ2) is 3.95. The third-order valence-corrected chi connectivity index (χ3v) is 1.08. The van der Waals surface area contributed by atoms with Crippen molar-refractivity contribution in [2.45, 2.75) is 0 Å². The SMILES string of the molecule is CNCSC(N)=O. The second-order valence-electron chi connectivity index (χ2n) is 0.961. The lowest BCUT2D eigenvalue weighted by Gasteiger charge is -1.89. The molecule has 0 unspecified atom stereocenters. The van der Waals surface area contributed by atoms with E-state index in [1.807, 2.05) is 0 Å². The molecule has 0 aliphatic rings. The molecule has 1 amide bonds. The summed E-state index contributed by atoms with van der Waals surface area (Å²) < 4.78 is 0. The number of thioether (sulfide) groups is 1. The van der Waals surface area contributed by atoms with Crippen LogP contribution in [0.4, 0.5) is 4.79 Å². The molecule has 0 saturated heterocycles. The molecule has 3 nitrogen and oxygen atoms in total. The summed E-state index contributed by atoms with van der Waals surface area (Å²) in [6, 6.07) is 0. The highest BCUT2D eigenvalue weighted by Gasteiger charge is 1.87. The maximum atomic E-state index is 9.90. The summed E-state index contributed by atoms with van der Waals surface area (Å²) >= 11 is 1.06. The van der Waals surface area contributed by atoms with Crippen molar-refractivity contribution in [1.82, 2.24) is 5.32 Å². The maximum absolute atomic E-state index is 9.90. The van der Waals surface area contributed by atoms with Crippen LogP contribution in [-0.4, -0.2) is 18.2 Å². The van der Waals surface area contributed by atoms with Crippen LogP contribution < -0.4 is 11.1 Å². The fraction of sp³-hybridized carbons (Fsp3) is 0.667. The van der Waals surface area contributed by atoms with Gasteiger partial charge in [0.25, 0.3) is 5.24 Å². The second-order valence-corrected chi connectivity index (χ2v) is 1.94. The van der Waals surface area contributed by atoms with Gasteiger partial charge in [-0.25, -0.2) is 0 Å². The van der Waals surface area contributed by atoms with E-state index in [0.29, 0.717) is 5.88 Å². The van der Waals surface area contributed by atoms with E-state index in [9.17, 15) is 4.79 Å². The first kappa shape index (κ1) is 6.78. The van der Waals surface area contributed by atoms with Gasteiger partial charge in [-0.05, 0) is 18.8 Å². The van der Waals surface area contributed by atoms with Crippen molar-refractivity contribution >= 4 is 17.0 Å². The lowest BCUT2D eigenvalue weighted by atomic mass is 11.3. The number of hydrogen-bond donors (Lipinski definition) is 2. The molecule has 0 fully saturated rings. The molecule has 0 aliphatic carbocycles. The van der Waals surface area contributed by atoms with E-state index < -0.39 is 0 Å². The van der Waals surface area contributed by atoms with Crippen molar-refractivity contribution in [3.63, 3.8) is 0 Å². The number of primary amides is 1. The van der Waals surface area contributed by atoms with Gasteiger partial charge in [-0.2, -0.15) is 0 Å². The molecule has 0 aliphatic heterocycles. The highest BCUT2D eigenvalue weighted by Crippen LogP contribution is 1.92. The van der Waals surface area contributed by atoms with E-state index in [4.69, 9.17) is 5.73 Å². The van der Waals surface area contributed by atoms with Crippen LogP contribution >= 0.6 is 11.8 Å². The first-order valence-electron chi connectivity index (χ1n) is 1.84. The van der Waals surface area contributed by atoms with Crippen molar-refractivity contribution in [2.75, 3.05) is 12.9 Å². The monoisotopic (exact) mass is 120 g/mol. The number of rotatable bonds is 2. The van der Waals surface area contributed by atoms with E-state index in [2.05, 4.69) is 5.32 Å². The fourth-order valence-corrected chi connectivity index (χ4v) is 0.430. The van der Waals surface area contributed by atoms with Crippen molar-refractivity contribution < 1.29 is 4.79 Å². The van der Waals surface area contributed by atoms with Crippen molar-refractivity contribution in [1.29, 1.82) is 0 Å². The third-order valence-electron chi connectivity index (χ3n) is 0.359. The Bertz CT molecular complexity index is 66.0. The lowest BCUT2D eigenvalue weighted by Crippen LogP contribution is -2.10. The first-order chi connectivity index (χ1) is 3.27. The van der Waals surface area contributed by atoms with E-state index in [1.165, 1.54) is 0 Å². The first-order valence-corrected chi connectivity index (χ1v) is 2.82. The quantitative estimate of drug-likeness (QED) is 0.503. The molecule has 4 heteroatoms. The summed E-state index contributed by atoms with van der Waals surface area (Å²) in [5.41, 5.74) is 4.76. The Kier molecular flexibility index (Phi) is 3.83. The number of carbonyl (C=O) groups excluding carboxylic acids is 1. The Hall–Kier alpha value is -0.220. The molecule has 0 radical (unpaired) electrons. The van der Waals surface area contributed by atoms with E-state index in [-0.39, 0.29) is 5.24 Å². The average molecular weight is 120 g/mol. The molecule has 0 heterocycles. The third kappa shape index (κ3) is 5.78. The van der Waals surface area contributed by atoms with E-state index in [0.717, 1.165) is 11.8 Å². The molecule has 0 aromatic carbocycles. The topological polar surface area (TPSA) is 55.1 Å². The van der Waals surface area contributed by atoms with Gasteiger partial charge in [0.1, 0.15) is 0 Å². The molecule has 0 saturated carbocycles. The van der Waals surface area contributed by atoms with Crippen LogP contribution in [0, 0.1) is 0 Å². The standard InChI is InChI=1S/C3H8N2OS/c1-5-2-7-3(4)6/h5H,2H2,1H3,(H2,4,6). The van der Waals surface area contributed by atoms with Gasteiger partial charge in [0.2, 0.25) is 0 Å². The summed E-state index contributed by atoms with van der Waals surface area (Å²) in [5.74, 6) is 0.593. The number of amides is 1. The Balaban J connectivity index is 2.82. The summed E-state index contributed by atoms with van der Waals surface area (Å²) in [5, 5.41) is 2.42. The minimum absolute atomic E-state index is 0.339. The zero-order valence-corrected chi connectivity index (χ0v) is 4.92. The van der Waals surface area contributed by atoms with Crippen molar-refractivity contribution in [2.24, 2.45) is 5.73 Å². The average Bonchev–Trinajstić information content (AvgIpc) is 1.61. The predicted octanol–water partition coefficient (Wildman–Crippen LogP) is -0.0248. The Morgan fingerprint density at radius 3 is 2.71 bits per heavy atom. The zero-order chi connectivity index (χ0) is 5.70. The van der Waals surface area contributed by atoms with Crippen LogP contribution in [0.3, 0.4) is 0 Å². The van der Waals surface area contributed by atoms with E-state index in [1.54, 1.807) is 7.05 Å². The Morgan fingerprint density at radius 1 is 2.00 bits per heavy atom. The Labute approximate surface area is 46.6 Å². The molecule has 0 atom stereocenters. The Morgan fingerprint density at radius 2 is 2.57 bits per heavy atom. The van der Waals surface area contributed by atoms with Gasteiger partial charge in [0.05, 0.1) is 5.88 Å². The van der Waals surface area contributed by atoms with Gasteiger partial charge in [-0.15, -0.1) is 0 Å². The van der Waals surface area contributed by atoms with Crippen LogP contribution in [-0.2, 0) is 0 Å². The molecule has 7 heavy (non-hydrogen) atoms. The minimum atomic E-state index is -0.339. The lowest BCUT2D eigenvalue weighted by molar-refractivity contribution is 0.267. The van der Waals surface area contributed by atoms with Gasteiger partial charge in [0, 0.05) is 0 Å². The molecular weight excluding hydrogens is 112 g/mol. The molecule has 3 N–H and O–H groups in total. The highest BCUT2D eigenvalue weighted by molar-refractivity contribution is 8.13. The van der Waals surface area contributed by atoms with Gasteiger partial charge in [0.15, 0.2) is 0 Å². The fourth-order valence-electron chi connectivity index (χ4n) is 0.143. The molecule has 0 aromatic rings. The van der Waals surface area contributed by atoms with Gasteiger partial charge >= 0.3 is 0 Å². The van der Waals surface area contributed by atoms with Gasteiger partial charge in [-0.1, -0.05) is 0 Å². The summed E-state index contributed by atoms with van der Waals surface area (Å²) in [7, 11) is 1.76. The van der Waals surface area contributed by atoms with Crippen LogP contribution in [0.5, 0.6) is 0 Å².